The minimum atomic E-state index is -0.915. The molecule has 7 heteroatoms. The van der Waals surface area contributed by atoms with E-state index in [1.165, 1.54) is 4.90 Å². The van der Waals surface area contributed by atoms with Crippen molar-refractivity contribution in [3.63, 3.8) is 0 Å². The number of likely N-dealkylation sites (tertiary alicyclic amines) is 1. The first-order valence-electron chi connectivity index (χ1n) is 7.53. The van der Waals surface area contributed by atoms with Crippen LogP contribution in [0.25, 0.3) is 0 Å². The molecular weight excluding hydrogens is 274 g/mol. The molecule has 4 N–H and O–H groups in total. The fourth-order valence-corrected chi connectivity index (χ4v) is 3.46. The van der Waals surface area contributed by atoms with Gasteiger partial charge in [0.25, 0.3) is 0 Å². The standard InChI is InChI=1S/C14H23N3O4/c15-12(20)10-5-1-4-8-17(10)13(21)16-14(9-11(18)19)6-2-3-7-14/h10H,1-9H2,(H2,15,20)(H,16,21)(H,18,19). The zero-order chi connectivity index (χ0) is 15.5. The molecule has 0 aromatic heterocycles. The number of nitrogens with one attached hydrogen (secondary N) is 1. The van der Waals surface area contributed by atoms with E-state index in [2.05, 4.69) is 5.32 Å². The van der Waals surface area contributed by atoms with Crippen molar-refractivity contribution >= 4 is 17.9 Å². The van der Waals surface area contributed by atoms with Crippen LogP contribution in [0.2, 0.25) is 0 Å². The van der Waals surface area contributed by atoms with Crippen LogP contribution in [-0.2, 0) is 9.59 Å². The minimum absolute atomic E-state index is 0.0756. The Morgan fingerprint density at radius 2 is 1.86 bits per heavy atom. The van der Waals surface area contributed by atoms with Gasteiger partial charge in [-0.2, -0.15) is 0 Å². The number of primary amides is 1. The van der Waals surface area contributed by atoms with Crippen LogP contribution >= 0.6 is 0 Å². The highest BCUT2D eigenvalue weighted by Crippen LogP contribution is 2.33. The molecule has 21 heavy (non-hydrogen) atoms. The van der Waals surface area contributed by atoms with Crippen LogP contribution in [0.3, 0.4) is 0 Å². The van der Waals surface area contributed by atoms with E-state index in [1.807, 2.05) is 0 Å². The number of piperidine rings is 1. The van der Waals surface area contributed by atoms with Gasteiger partial charge in [0.1, 0.15) is 6.04 Å². The quantitative estimate of drug-likeness (QED) is 0.713. The van der Waals surface area contributed by atoms with Gasteiger partial charge in [0.15, 0.2) is 0 Å². The molecule has 0 bridgehead atoms. The van der Waals surface area contributed by atoms with Crippen LogP contribution < -0.4 is 11.1 Å². The Bertz CT molecular complexity index is 432. The SMILES string of the molecule is NC(=O)C1CCCCN1C(=O)NC1(CC(=O)O)CCCC1. The van der Waals surface area contributed by atoms with E-state index in [9.17, 15) is 14.4 Å². The summed E-state index contributed by atoms with van der Waals surface area (Å²) < 4.78 is 0. The van der Waals surface area contributed by atoms with Crippen molar-refractivity contribution in [1.29, 1.82) is 0 Å². The zero-order valence-corrected chi connectivity index (χ0v) is 12.1. The molecule has 2 aliphatic rings. The normalized spacial score (nSPS) is 24.6. The van der Waals surface area contributed by atoms with Crippen molar-refractivity contribution in [1.82, 2.24) is 10.2 Å². The zero-order valence-electron chi connectivity index (χ0n) is 12.1. The van der Waals surface area contributed by atoms with E-state index in [-0.39, 0.29) is 12.5 Å². The van der Waals surface area contributed by atoms with Crippen LogP contribution in [0, 0.1) is 0 Å². The molecule has 0 radical (unpaired) electrons. The first-order valence-corrected chi connectivity index (χ1v) is 7.53. The molecule has 1 atom stereocenters. The molecule has 0 aromatic rings. The number of hydrogen-bond donors (Lipinski definition) is 3. The second-order valence-electron chi connectivity index (χ2n) is 6.10. The van der Waals surface area contributed by atoms with Gasteiger partial charge in [-0.15, -0.1) is 0 Å². The Labute approximate surface area is 123 Å². The Morgan fingerprint density at radius 1 is 1.19 bits per heavy atom. The summed E-state index contributed by atoms with van der Waals surface area (Å²) in [7, 11) is 0. The maximum atomic E-state index is 12.5. The number of amides is 3. The third-order valence-corrected chi connectivity index (χ3v) is 4.51. The predicted octanol–water partition coefficient (Wildman–Crippen LogP) is 0.823. The molecule has 1 saturated carbocycles. The summed E-state index contributed by atoms with van der Waals surface area (Å²) in [4.78, 5) is 36.5. The van der Waals surface area contributed by atoms with Gasteiger partial charge in [-0.3, -0.25) is 9.59 Å². The maximum absolute atomic E-state index is 12.5. The lowest BCUT2D eigenvalue weighted by Crippen LogP contribution is -2.58. The molecule has 2 fully saturated rings. The lowest BCUT2D eigenvalue weighted by molar-refractivity contribution is -0.138. The van der Waals surface area contributed by atoms with Crippen molar-refractivity contribution in [3.8, 4) is 0 Å². The van der Waals surface area contributed by atoms with E-state index >= 15 is 0 Å². The van der Waals surface area contributed by atoms with Crippen LogP contribution in [0.5, 0.6) is 0 Å². The highest BCUT2D eigenvalue weighted by Gasteiger charge is 2.40. The number of aliphatic carboxylic acids is 1. The number of urea groups is 1. The van der Waals surface area contributed by atoms with Crippen LogP contribution in [-0.4, -0.2) is 46.0 Å². The van der Waals surface area contributed by atoms with Crippen molar-refractivity contribution in [3.05, 3.63) is 0 Å². The lowest BCUT2D eigenvalue weighted by Gasteiger charge is -2.37. The van der Waals surface area contributed by atoms with Gasteiger partial charge in [0, 0.05) is 6.54 Å². The highest BCUT2D eigenvalue weighted by molar-refractivity contribution is 5.86. The van der Waals surface area contributed by atoms with Gasteiger partial charge >= 0.3 is 12.0 Å². The maximum Gasteiger partial charge on any atom is 0.318 e. The Hall–Kier alpha value is -1.79. The van der Waals surface area contributed by atoms with Crippen molar-refractivity contribution in [2.75, 3.05) is 6.54 Å². The van der Waals surface area contributed by atoms with Crippen molar-refractivity contribution in [2.24, 2.45) is 5.73 Å². The van der Waals surface area contributed by atoms with Gasteiger partial charge in [-0.25, -0.2) is 4.79 Å². The van der Waals surface area contributed by atoms with Gasteiger partial charge in [0.05, 0.1) is 12.0 Å². The monoisotopic (exact) mass is 297 g/mol. The first kappa shape index (κ1) is 15.6. The van der Waals surface area contributed by atoms with Gasteiger partial charge < -0.3 is 21.1 Å². The Morgan fingerprint density at radius 3 is 2.43 bits per heavy atom. The summed E-state index contributed by atoms with van der Waals surface area (Å²) in [6, 6.07) is -0.941. The third kappa shape index (κ3) is 3.65. The molecular formula is C14H23N3O4. The third-order valence-electron chi connectivity index (χ3n) is 4.51. The molecule has 2 rings (SSSR count). The summed E-state index contributed by atoms with van der Waals surface area (Å²) >= 11 is 0. The number of carbonyl (C=O) groups excluding carboxylic acids is 2. The molecule has 118 valence electrons. The average molecular weight is 297 g/mol. The molecule has 3 amide bonds. The summed E-state index contributed by atoms with van der Waals surface area (Å²) in [6.07, 6.45) is 5.36. The van der Waals surface area contributed by atoms with Crippen molar-refractivity contribution in [2.45, 2.75) is 62.9 Å². The smallest absolute Gasteiger partial charge is 0.318 e. The van der Waals surface area contributed by atoms with Crippen LogP contribution in [0.15, 0.2) is 0 Å². The summed E-state index contributed by atoms with van der Waals surface area (Å²) in [6.45, 7) is 0.489. The molecule has 7 nitrogen and oxygen atoms in total. The van der Waals surface area contributed by atoms with Crippen molar-refractivity contribution < 1.29 is 19.5 Å². The fourth-order valence-electron chi connectivity index (χ4n) is 3.46. The number of carboxylic acids is 1. The topological polar surface area (TPSA) is 113 Å². The number of hydrogen-bond acceptors (Lipinski definition) is 3. The minimum Gasteiger partial charge on any atom is -0.481 e. The molecule has 1 unspecified atom stereocenters. The number of carboxylic acid groups (broad SMARTS) is 1. The molecule has 0 aromatic carbocycles. The van der Waals surface area contributed by atoms with E-state index in [4.69, 9.17) is 10.8 Å². The summed E-state index contributed by atoms with van der Waals surface area (Å²) in [5.74, 6) is -1.41. The van der Waals surface area contributed by atoms with Crippen LogP contribution in [0.4, 0.5) is 4.79 Å². The Balaban J connectivity index is 2.07. The number of carbonyl (C=O) groups is 3. The van der Waals surface area contributed by atoms with Gasteiger partial charge in [-0.1, -0.05) is 12.8 Å². The number of nitrogens with zero attached hydrogens (tertiary/aromatic N) is 1. The second kappa shape index (κ2) is 6.32. The molecule has 1 saturated heterocycles. The lowest BCUT2D eigenvalue weighted by atomic mass is 9.93. The first-order chi connectivity index (χ1) is 9.93. The van der Waals surface area contributed by atoms with Gasteiger partial charge in [-0.05, 0) is 32.1 Å². The van der Waals surface area contributed by atoms with Gasteiger partial charge in [0.2, 0.25) is 5.91 Å². The molecule has 1 aliphatic heterocycles. The van der Waals surface area contributed by atoms with E-state index in [0.29, 0.717) is 25.8 Å². The molecule has 1 aliphatic carbocycles. The van der Waals surface area contributed by atoms with E-state index in [1.54, 1.807) is 0 Å². The Kier molecular flexibility index (Phi) is 4.69. The predicted molar refractivity (Wildman–Crippen MR) is 75.5 cm³/mol. The largest absolute Gasteiger partial charge is 0.481 e. The number of rotatable bonds is 4. The summed E-state index contributed by atoms with van der Waals surface area (Å²) in [5.41, 5.74) is 4.68. The fraction of sp³-hybridized carbons (Fsp3) is 0.786. The summed E-state index contributed by atoms with van der Waals surface area (Å²) in [5, 5.41) is 11.9. The second-order valence-corrected chi connectivity index (χ2v) is 6.10. The van der Waals surface area contributed by atoms with E-state index in [0.717, 1.165) is 25.7 Å². The highest BCUT2D eigenvalue weighted by atomic mass is 16.4. The number of nitrogens with two attached hydrogens (primary N) is 1. The van der Waals surface area contributed by atoms with E-state index < -0.39 is 23.5 Å². The van der Waals surface area contributed by atoms with Crippen LogP contribution in [0.1, 0.15) is 51.4 Å². The molecule has 1 heterocycles. The molecule has 0 spiro atoms. The average Bonchev–Trinajstić information content (AvgIpc) is 2.85.